The van der Waals surface area contributed by atoms with Crippen molar-refractivity contribution in [3.63, 3.8) is 0 Å². The fourth-order valence-electron chi connectivity index (χ4n) is 1.40. The predicted molar refractivity (Wildman–Crippen MR) is 66.9 cm³/mol. The average molecular weight is 258 g/mol. The van der Waals surface area contributed by atoms with Crippen LogP contribution in [0.15, 0.2) is 18.2 Å². The second-order valence-corrected chi connectivity index (χ2v) is 6.33. The van der Waals surface area contributed by atoms with Gasteiger partial charge in [0.25, 0.3) is 0 Å². The van der Waals surface area contributed by atoms with Gasteiger partial charge in [-0.3, -0.25) is 0 Å². The van der Waals surface area contributed by atoms with Gasteiger partial charge in [-0.1, -0.05) is 24.6 Å². The van der Waals surface area contributed by atoms with E-state index in [0.29, 0.717) is 11.3 Å². The highest BCUT2D eigenvalue weighted by molar-refractivity contribution is 7.91. The Hall–Kier alpha value is -1.07. The average Bonchev–Trinajstić information content (AvgIpc) is 2.30. The van der Waals surface area contributed by atoms with Crippen LogP contribution in [-0.4, -0.2) is 31.6 Å². The van der Waals surface area contributed by atoms with Crippen molar-refractivity contribution in [1.29, 1.82) is 0 Å². The van der Waals surface area contributed by atoms with E-state index in [1.54, 1.807) is 13.0 Å². The molecule has 1 aromatic rings. The van der Waals surface area contributed by atoms with Crippen LogP contribution in [0.2, 0.25) is 0 Å². The first kappa shape index (κ1) is 14.0. The Balaban J connectivity index is 2.64. The van der Waals surface area contributed by atoms with Gasteiger partial charge in [0.2, 0.25) is 0 Å². The summed E-state index contributed by atoms with van der Waals surface area (Å²) in [6, 6.07) is 5.44. The summed E-state index contributed by atoms with van der Waals surface area (Å²) in [6.45, 7) is 3.54. The molecule has 17 heavy (non-hydrogen) atoms. The van der Waals surface area contributed by atoms with Gasteiger partial charge < -0.3 is 9.84 Å². The van der Waals surface area contributed by atoms with Gasteiger partial charge in [-0.15, -0.1) is 0 Å². The molecule has 96 valence electrons. The van der Waals surface area contributed by atoms with Crippen molar-refractivity contribution in [1.82, 2.24) is 0 Å². The van der Waals surface area contributed by atoms with Crippen LogP contribution in [0.4, 0.5) is 0 Å². The molecule has 0 radical (unpaired) electrons. The quantitative estimate of drug-likeness (QED) is 0.835. The van der Waals surface area contributed by atoms with Crippen LogP contribution < -0.4 is 4.74 Å². The summed E-state index contributed by atoms with van der Waals surface area (Å²) >= 11 is 0. The number of hydrogen-bond acceptors (Lipinski definition) is 4. The van der Waals surface area contributed by atoms with Gasteiger partial charge in [0.15, 0.2) is 9.84 Å². The van der Waals surface area contributed by atoms with E-state index in [1.807, 2.05) is 19.1 Å². The zero-order valence-electron chi connectivity index (χ0n) is 10.1. The highest BCUT2D eigenvalue weighted by Gasteiger charge is 2.09. The summed E-state index contributed by atoms with van der Waals surface area (Å²) in [4.78, 5) is 0. The van der Waals surface area contributed by atoms with Crippen LogP contribution in [0.25, 0.3) is 0 Å². The van der Waals surface area contributed by atoms with Crippen LogP contribution in [0.5, 0.6) is 5.75 Å². The number of ether oxygens (including phenoxy) is 1. The third kappa shape index (κ3) is 4.36. The molecule has 0 amide bonds. The molecular weight excluding hydrogens is 240 g/mol. The number of hydrogen-bond donors (Lipinski definition) is 1. The molecule has 0 bridgehead atoms. The fraction of sp³-hybridized carbons (Fsp3) is 0.500. The lowest BCUT2D eigenvalue weighted by Crippen LogP contribution is -2.16. The Kier molecular flexibility index (Phi) is 4.96. The fourth-order valence-corrected chi connectivity index (χ4v) is 2.02. The molecule has 0 saturated carbocycles. The largest absolute Gasteiger partial charge is 0.492 e. The SMILES string of the molecule is CCS(=O)(=O)CCOc1ccc(C)cc1CO. The minimum absolute atomic E-state index is 0.00223. The molecule has 0 heterocycles. The number of aliphatic hydroxyl groups excluding tert-OH is 1. The van der Waals surface area contributed by atoms with Gasteiger partial charge in [-0.25, -0.2) is 8.42 Å². The van der Waals surface area contributed by atoms with Gasteiger partial charge in [0.05, 0.1) is 12.4 Å². The number of aliphatic hydroxyl groups is 1. The zero-order chi connectivity index (χ0) is 12.9. The molecule has 0 fully saturated rings. The molecule has 0 spiro atoms. The highest BCUT2D eigenvalue weighted by Crippen LogP contribution is 2.19. The normalized spacial score (nSPS) is 11.5. The molecule has 4 nitrogen and oxygen atoms in total. The van der Waals surface area contributed by atoms with Gasteiger partial charge in [-0.05, 0) is 13.0 Å². The van der Waals surface area contributed by atoms with Crippen LogP contribution in [-0.2, 0) is 16.4 Å². The van der Waals surface area contributed by atoms with Crippen LogP contribution in [0.1, 0.15) is 18.1 Å². The number of aryl methyl sites for hydroxylation is 1. The van der Waals surface area contributed by atoms with Crippen LogP contribution in [0.3, 0.4) is 0 Å². The van der Waals surface area contributed by atoms with Crippen molar-refractivity contribution in [3.8, 4) is 5.75 Å². The van der Waals surface area contributed by atoms with Crippen molar-refractivity contribution in [2.75, 3.05) is 18.1 Å². The summed E-state index contributed by atoms with van der Waals surface area (Å²) in [7, 11) is -3.00. The van der Waals surface area contributed by atoms with Gasteiger partial charge in [0, 0.05) is 11.3 Å². The summed E-state index contributed by atoms with van der Waals surface area (Å²) in [6.07, 6.45) is 0. The first-order valence-electron chi connectivity index (χ1n) is 5.52. The topological polar surface area (TPSA) is 63.6 Å². The lowest BCUT2D eigenvalue weighted by molar-refractivity contribution is 0.267. The van der Waals surface area contributed by atoms with E-state index in [-0.39, 0.29) is 24.7 Å². The molecule has 0 saturated heterocycles. The van der Waals surface area contributed by atoms with Crippen LogP contribution in [0, 0.1) is 6.92 Å². The lowest BCUT2D eigenvalue weighted by Gasteiger charge is -2.10. The maximum absolute atomic E-state index is 11.3. The zero-order valence-corrected chi connectivity index (χ0v) is 11.0. The maximum Gasteiger partial charge on any atom is 0.153 e. The predicted octanol–water partition coefficient (Wildman–Crippen LogP) is 1.30. The minimum Gasteiger partial charge on any atom is -0.492 e. The molecule has 1 N–H and O–H groups in total. The van der Waals surface area contributed by atoms with Gasteiger partial charge in [-0.2, -0.15) is 0 Å². The Morgan fingerprint density at radius 3 is 2.65 bits per heavy atom. The third-order valence-electron chi connectivity index (χ3n) is 2.48. The molecule has 0 aliphatic rings. The smallest absolute Gasteiger partial charge is 0.153 e. The second kappa shape index (κ2) is 6.02. The van der Waals surface area contributed by atoms with E-state index in [2.05, 4.69) is 0 Å². The third-order valence-corrected chi connectivity index (χ3v) is 4.15. The molecule has 0 atom stereocenters. The van der Waals surface area contributed by atoms with E-state index in [1.165, 1.54) is 0 Å². The molecule has 1 rings (SSSR count). The Bertz CT molecular complexity index is 465. The van der Waals surface area contributed by atoms with Crippen molar-refractivity contribution in [2.45, 2.75) is 20.5 Å². The first-order chi connectivity index (χ1) is 7.98. The monoisotopic (exact) mass is 258 g/mol. The van der Waals surface area contributed by atoms with E-state index in [0.717, 1.165) is 5.56 Å². The molecule has 0 aromatic heterocycles. The van der Waals surface area contributed by atoms with Crippen LogP contribution >= 0.6 is 0 Å². The lowest BCUT2D eigenvalue weighted by atomic mass is 10.1. The molecule has 0 aliphatic carbocycles. The molecule has 0 aliphatic heterocycles. The van der Waals surface area contributed by atoms with Crippen molar-refractivity contribution in [2.24, 2.45) is 0 Å². The summed E-state index contributed by atoms with van der Waals surface area (Å²) in [5.74, 6) is 0.670. The molecule has 1 aromatic carbocycles. The molecular formula is C12H18O4S. The second-order valence-electron chi connectivity index (χ2n) is 3.85. The van der Waals surface area contributed by atoms with E-state index >= 15 is 0 Å². The summed E-state index contributed by atoms with van der Waals surface area (Å²) in [5, 5.41) is 9.15. The van der Waals surface area contributed by atoms with Gasteiger partial charge in [0.1, 0.15) is 12.4 Å². The Morgan fingerprint density at radius 2 is 2.06 bits per heavy atom. The van der Waals surface area contributed by atoms with Gasteiger partial charge >= 0.3 is 0 Å². The number of rotatable bonds is 6. The minimum atomic E-state index is -3.00. The standard InChI is InChI=1S/C12H18O4S/c1-3-17(14,15)7-6-16-12-5-4-10(2)8-11(12)9-13/h4-5,8,13H,3,6-7,9H2,1-2H3. The first-order valence-corrected chi connectivity index (χ1v) is 7.34. The van der Waals surface area contributed by atoms with Crippen molar-refractivity contribution in [3.05, 3.63) is 29.3 Å². The van der Waals surface area contributed by atoms with Crippen molar-refractivity contribution < 1.29 is 18.3 Å². The van der Waals surface area contributed by atoms with E-state index in [4.69, 9.17) is 9.84 Å². The van der Waals surface area contributed by atoms with E-state index in [9.17, 15) is 8.42 Å². The molecule has 5 heteroatoms. The summed E-state index contributed by atoms with van der Waals surface area (Å²) in [5.41, 5.74) is 1.71. The maximum atomic E-state index is 11.3. The highest BCUT2D eigenvalue weighted by atomic mass is 32.2. The molecule has 0 unspecified atom stereocenters. The number of sulfone groups is 1. The van der Waals surface area contributed by atoms with Crippen molar-refractivity contribution >= 4 is 9.84 Å². The Labute approximate surface area is 102 Å². The number of benzene rings is 1. The summed E-state index contributed by atoms with van der Waals surface area (Å²) < 4.78 is 27.9. The van der Waals surface area contributed by atoms with E-state index < -0.39 is 9.84 Å². The Morgan fingerprint density at radius 1 is 1.35 bits per heavy atom.